The van der Waals surface area contributed by atoms with Crippen molar-refractivity contribution in [2.45, 2.75) is 19.5 Å². The fraction of sp³-hybridized carbons (Fsp3) is 0.250. The third kappa shape index (κ3) is 3.54. The monoisotopic (exact) mass is 352 g/mol. The summed E-state index contributed by atoms with van der Waals surface area (Å²) in [6.45, 7) is 2.74. The lowest BCUT2D eigenvalue weighted by Gasteiger charge is -2.25. The van der Waals surface area contributed by atoms with Gasteiger partial charge in [0.05, 0.1) is 0 Å². The van der Waals surface area contributed by atoms with Crippen LogP contribution in [-0.4, -0.2) is 7.05 Å². The Kier molecular flexibility index (Phi) is 5.08. The van der Waals surface area contributed by atoms with Gasteiger partial charge in [0.25, 0.3) is 0 Å². The first-order valence-electron chi connectivity index (χ1n) is 6.48. The average Bonchev–Trinajstić information content (AvgIpc) is 2.40. The molecule has 106 valence electrons. The molecule has 1 atom stereocenters. The molecule has 2 aromatic rings. The molecule has 0 heterocycles. The molecular formula is C16H18BrClN2. The van der Waals surface area contributed by atoms with E-state index in [0.29, 0.717) is 0 Å². The molecule has 2 N–H and O–H groups in total. The first kappa shape index (κ1) is 15.4. The number of rotatable bonds is 4. The molecule has 0 aromatic heterocycles. The van der Waals surface area contributed by atoms with E-state index in [2.05, 4.69) is 40.0 Å². The van der Waals surface area contributed by atoms with Crippen molar-refractivity contribution >= 4 is 33.2 Å². The molecule has 2 nitrogen and oxygen atoms in total. The smallest absolute Gasteiger partial charge is 0.0455 e. The molecule has 0 saturated carbocycles. The van der Waals surface area contributed by atoms with Gasteiger partial charge in [0.1, 0.15) is 0 Å². The van der Waals surface area contributed by atoms with Crippen molar-refractivity contribution in [1.82, 2.24) is 0 Å². The summed E-state index contributed by atoms with van der Waals surface area (Å²) in [5.41, 5.74) is 9.41. The summed E-state index contributed by atoms with van der Waals surface area (Å²) < 4.78 is 1.04. The molecule has 0 aliphatic heterocycles. The fourth-order valence-corrected chi connectivity index (χ4v) is 2.74. The van der Waals surface area contributed by atoms with Crippen molar-refractivity contribution in [2.75, 3.05) is 11.9 Å². The number of halogens is 2. The maximum absolute atomic E-state index is 6.23. The lowest BCUT2D eigenvalue weighted by Crippen LogP contribution is -2.20. The molecule has 0 amide bonds. The minimum atomic E-state index is -0.00760. The second-order valence-corrected chi connectivity index (χ2v) is 6.26. The Labute approximate surface area is 133 Å². The van der Waals surface area contributed by atoms with E-state index in [-0.39, 0.29) is 6.04 Å². The van der Waals surface area contributed by atoms with E-state index < -0.39 is 0 Å². The van der Waals surface area contributed by atoms with Crippen molar-refractivity contribution < 1.29 is 0 Å². The highest BCUT2D eigenvalue weighted by atomic mass is 79.9. The van der Waals surface area contributed by atoms with Gasteiger partial charge in [-0.25, -0.2) is 0 Å². The molecule has 20 heavy (non-hydrogen) atoms. The highest BCUT2D eigenvalue weighted by molar-refractivity contribution is 9.10. The van der Waals surface area contributed by atoms with E-state index in [1.807, 2.05) is 37.3 Å². The van der Waals surface area contributed by atoms with E-state index in [9.17, 15) is 0 Å². The van der Waals surface area contributed by atoms with Crippen molar-refractivity contribution in [3.8, 4) is 0 Å². The Bertz CT molecular complexity index is 599. The largest absolute Gasteiger partial charge is 0.370 e. The van der Waals surface area contributed by atoms with Crippen molar-refractivity contribution in [3.63, 3.8) is 0 Å². The third-order valence-corrected chi connectivity index (χ3v) is 4.12. The molecule has 0 aliphatic rings. The van der Waals surface area contributed by atoms with Crippen molar-refractivity contribution in [3.05, 3.63) is 63.1 Å². The predicted molar refractivity (Wildman–Crippen MR) is 90.3 cm³/mol. The fourth-order valence-electron chi connectivity index (χ4n) is 2.20. The molecule has 2 rings (SSSR count). The van der Waals surface area contributed by atoms with Crippen LogP contribution in [0.5, 0.6) is 0 Å². The summed E-state index contributed by atoms with van der Waals surface area (Å²) in [7, 11) is 2.05. The Hall–Kier alpha value is -1.03. The zero-order valence-electron chi connectivity index (χ0n) is 11.6. The van der Waals surface area contributed by atoms with Gasteiger partial charge in [-0.1, -0.05) is 51.8 Å². The van der Waals surface area contributed by atoms with Crippen LogP contribution in [0.25, 0.3) is 0 Å². The van der Waals surface area contributed by atoms with Gasteiger partial charge >= 0.3 is 0 Å². The lowest BCUT2D eigenvalue weighted by molar-refractivity contribution is 0.801. The zero-order chi connectivity index (χ0) is 14.7. The maximum Gasteiger partial charge on any atom is 0.0455 e. The molecule has 0 aliphatic carbocycles. The van der Waals surface area contributed by atoms with Crippen LogP contribution in [-0.2, 0) is 6.54 Å². The number of nitrogens with zero attached hydrogens (tertiary/aromatic N) is 1. The molecule has 0 fully saturated rings. The normalized spacial score (nSPS) is 12.2. The summed E-state index contributed by atoms with van der Waals surface area (Å²) in [6.07, 6.45) is 0. The molecular weight excluding hydrogens is 336 g/mol. The van der Waals surface area contributed by atoms with E-state index in [0.717, 1.165) is 32.9 Å². The summed E-state index contributed by atoms with van der Waals surface area (Å²) >= 11 is 9.75. The summed E-state index contributed by atoms with van der Waals surface area (Å²) in [5.74, 6) is 0. The maximum atomic E-state index is 6.23. The summed E-state index contributed by atoms with van der Waals surface area (Å²) in [5, 5.41) is 0.789. The number of benzene rings is 2. The highest BCUT2D eigenvalue weighted by Crippen LogP contribution is 2.30. The second kappa shape index (κ2) is 6.61. The Morgan fingerprint density at radius 2 is 1.95 bits per heavy atom. The molecule has 1 unspecified atom stereocenters. The molecule has 2 aromatic carbocycles. The Morgan fingerprint density at radius 3 is 2.60 bits per heavy atom. The van der Waals surface area contributed by atoms with Gasteiger partial charge in [-0.2, -0.15) is 0 Å². The lowest BCUT2D eigenvalue weighted by atomic mass is 10.1. The Balaban J connectivity index is 2.31. The number of nitrogens with two attached hydrogens (primary N) is 1. The quantitative estimate of drug-likeness (QED) is 0.858. The van der Waals surface area contributed by atoms with Crippen LogP contribution in [0.4, 0.5) is 5.69 Å². The molecule has 0 saturated heterocycles. The predicted octanol–water partition coefficient (Wildman–Crippen LogP) is 4.76. The average molecular weight is 354 g/mol. The van der Waals surface area contributed by atoms with Gasteiger partial charge < -0.3 is 10.6 Å². The molecule has 0 spiro atoms. The van der Waals surface area contributed by atoms with Crippen LogP contribution in [0.3, 0.4) is 0 Å². The van der Waals surface area contributed by atoms with Crippen LogP contribution >= 0.6 is 27.5 Å². The van der Waals surface area contributed by atoms with E-state index in [1.54, 1.807) is 0 Å². The van der Waals surface area contributed by atoms with Gasteiger partial charge in [-0.3, -0.25) is 0 Å². The number of anilines is 1. The van der Waals surface area contributed by atoms with Crippen LogP contribution in [0.1, 0.15) is 24.1 Å². The van der Waals surface area contributed by atoms with Crippen LogP contribution in [0, 0.1) is 0 Å². The van der Waals surface area contributed by atoms with E-state index in [1.165, 1.54) is 0 Å². The Morgan fingerprint density at radius 1 is 1.25 bits per heavy atom. The van der Waals surface area contributed by atoms with E-state index in [4.69, 9.17) is 17.3 Å². The number of hydrogen-bond acceptors (Lipinski definition) is 2. The van der Waals surface area contributed by atoms with Gasteiger partial charge in [0, 0.05) is 34.8 Å². The van der Waals surface area contributed by atoms with Gasteiger partial charge in [-0.15, -0.1) is 0 Å². The van der Waals surface area contributed by atoms with Crippen molar-refractivity contribution in [1.29, 1.82) is 0 Å². The van der Waals surface area contributed by atoms with Crippen LogP contribution in [0.15, 0.2) is 46.9 Å². The van der Waals surface area contributed by atoms with Crippen molar-refractivity contribution in [2.24, 2.45) is 5.73 Å². The first-order chi connectivity index (χ1) is 9.49. The standard InChI is InChI=1S/C16H18BrClN2/c1-11(19)14-8-7-13(17)9-16(14)20(2)10-12-5-3-4-6-15(12)18/h3-9,11H,10,19H2,1-2H3. The number of hydrogen-bond donors (Lipinski definition) is 1. The van der Waals surface area contributed by atoms with Crippen LogP contribution in [0.2, 0.25) is 5.02 Å². The highest BCUT2D eigenvalue weighted by Gasteiger charge is 2.12. The summed E-state index contributed by atoms with van der Waals surface area (Å²) in [6, 6.07) is 14.1. The summed E-state index contributed by atoms with van der Waals surface area (Å²) in [4.78, 5) is 2.17. The zero-order valence-corrected chi connectivity index (χ0v) is 13.9. The van der Waals surface area contributed by atoms with Gasteiger partial charge in [0.15, 0.2) is 0 Å². The minimum Gasteiger partial charge on any atom is -0.370 e. The molecule has 0 bridgehead atoms. The van der Waals surface area contributed by atoms with Gasteiger partial charge in [0.2, 0.25) is 0 Å². The third-order valence-electron chi connectivity index (χ3n) is 3.26. The SMILES string of the molecule is CC(N)c1ccc(Br)cc1N(C)Cc1ccccc1Cl. The minimum absolute atomic E-state index is 0.00760. The topological polar surface area (TPSA) is 29.3 Å². The second-order valence-electron chi connectivity index (χ2n) is 4.94. The molecule has 0 radical (unpaired) electrons. The van der Waals surface area contributed by atoms with Crippen LogP contribution < -0.4 is 10.6 Å². The van der Waals surface area contributed by atoms with E-state index >= 15 is 0 Å². The first-order valence-corrected chi connectivity index (χ1v) is 7.65. The molecule has 4 heteroatoms. The van der Waals surface area contributed by atoms with Gasteiger partial charge in [-0.05, 0) is 36.2 Å².